The van der Waals surface area contributed by atoms with Gasteiger partial charge in [0.2, 0.25) is 5.91 Å². The summed E-state index contributed by atoms with van der Waals surface area (Å²) in [5.74, 6) is -0.317. The Morgan fingerprint density at radius 2 is 2.20 bits per heavy atom. The van der Waals surface area contributed by atoms with Crippen LogP contribution in [0, 0.1) is 0 Å². The minimum absolute atomic E-state index is 0.215. The fourth-order valence-corrected chi connectivity index (χ4v) is 0.582. The Balaban J connectivity index is 3.61. The standard InChI is InChI=1S/C6H15N3O/c1-5(3-7)9(2)4-6(8)10/h5H,3-4,7H2,1-2H3,(H2,8,10). The van der Waals surface area contributed by atoms with Crippen LogP contribution in [0.5, 0.6) is 0 Å². The third-order valence-corrected chi connectivity index (χ3v) is 1.50. The first-order valence-electron chi connectivity index (χ1n) is 3.26. The van der Waals surface area contributed by atoms with E-state index in [9.17, 15) is 4.79 Å². The first-order chi connectivity index (χ1) is 4.57. The molecular weight excluding hydrogens is 130 g/mol. The average molecular weight is 145 g/mol. The fraction of sp³-hybridized carbons (Fsp3) is 0.833. The third-order valence-electron chi connectivity index (χ3n) is 1.50. The van der Waals surface area contributed by atoms with Crippen LogP contribution in [0.4, 0.5) is 0 Å². The minimum Gasteiger partial charge on any atom is -0.369 e. The molecule has 1 atom stereocenters. The van der Waals surface area contributed by atoms with Gasteiger partial charge in [0, 0.05) is 12.6 Å². The predicted octanol–water partition coefficient (Wildman–Crippen LogP) is -1.25. The molecular formula is C6H15N3O. The van der Waals surface area contributed by atoms with Gasteiger partial charge < -0.3 is 11.5 Å². The highest BCUT2D eigenvalue weighted by molar-refractivity contribution is 5.75. The lowest BCUT2D eigenvalue weighted by atomic mass is 10.3. The molecule has 4 nitrogen and oxygen atoms in total. The molecule has 0 saturated heterocycles. The number of hydrogen-bond acceptors (Lipinski definition) is 3. The van der Waals surface area contributed by atoms with Crippen molar-refractivity contribution in [2.75, 3.05) is 20.1 Å². The summed E-state index contributed by atoms with van der Waals surface area (Å²) in [5.41, 5.74) is 10.3. The van der Waals surface area contributed by atoms with Crippen LogP contribution in [0.1, 0.15) is 6.92 Å². The molecule has 0 aliphatic rings. The summed E-state index contributed by atoms with van der Waals surface area (Å²) in [6, 6.07) is 0.215. The van der Waals surface area contributed by atoms with E-state index in [0.29, 0.717) is 6.54 Å². The number of likely N-dealkylation sites (N-methyl/N-ethyl adjacent to an activating group) is 1. The number of amides is 1. The van der Waals surface area contributed by atoms with E-state index in [-0.39, 0.29) is 18.5 Å². The van der Waals surface area contributed by atoms with Crippen LogP contribution in [-0.2, 0) is 4.79 Å². The normalized spacial score (nSPS) is 13.6. The van der Waals surface area contributed by atoms with Gasteiger partial charge in [0.05, 0.1) is 6.54 Å². The quantitative estimate of drug-likeness (QED) is 0.519. The highest BCUT2D eigenvalue weighted by Crippen LogP contribution is 1.90. The van der Waals surface area contributed by atoms with Gasteiger partial charge in [-0.25, -0.2) is 0 Å². The lowest BCUT2D eigenvalue weighted by Gasteiger charge is -2.20. The Bertz CT molecular complexity index is 116. The van der Waals surface area contributed by atoms with Crippen LogP contribution >= 0.6 is 0 Å². The van der Waals surface area contributed by atoms with Crippen molar-refractivity contribution in [3.8, 4) is 0 Å². The van der Waals surface area contributed by atoms with E-state index in [1.165, 1.54) is 0 Å². The molecule has 0 aliphatic heterocycles. The zero-order valence-electron chi connectivity index (χ0n) is 6.50. The molecule has 4 heteroatoms. The summed E-state index contributed by atoms with van der Waals surface area (Å²) in [7, 11) is 1.82. The van der Waals surface area contributed by atoms with Gasteiger partial charge in [0.25, 0.3) is 0 Å². The second kappa shape index (κ2) is 4.24. The Morgan fingerprint density at radius 3 is 2.50 bits per heavy atom. The van der Waals surface area contributed by atoms with Crippen LogP contribution in [0.2, 0.25) is 0 Å². The number of carbonyl (C=O) groups excluding carboxylic acids is 1. The molecule has 4 N–H and O–H groups in total. The van der Waals surface area contributed by atoms with Crippen molar-refractivity contribution in [1.82, 2.24) is 4.90 Å². The van der Waals surface area contributed by atoms with Crippen LogP contribution in [0.15, 0.2) is 0 Å². The van der Waals surface area contributed by atoms with Crippen LogP contribution in [0.3, 0.4) is 0 Å². The number of nitrogens with two attached hydrogens (primary N) is 2. The molecule has 10 heavy (non-hydrogen) atoms. The summed E-state index contributed by atoms with van der Waals surface area (Å²) in [4.78, 5) is 12.2. The molecule has 0 aromatic heterocycles. The number of rotatable bonds is 4. The molecule has 0 bridgehead atoms. The topological polar surface area (TPSA) is 72.3 Å². The van der Waals surface area contributed by atoms with Gasteiger partial charge in [-0.15, -0.1) is 0 Å². The van der Waals surface area contributed by atoms with Crippen LogP contribution in [-0.4, -0.2) is 37.0 Å². The lowest BCUT2D eigenvalue weighted by Crippen LogP contribution is -2.40. The summed E-state index contributed by atoms with van der Waals surface area (Å²) in [5, 5.41) is 0. The number of nitrogens with zero attached hydrogens (tertiary/aromatic N) is 1. The zero-order valence-corrected chi connectivity index (χ0v) is 6.50. The summed E-state index contributed by atoms with van der Waals surface area (Å²) in [6.45, 7) is 2.77. The molecule has 1 amide bonds. The molecule has 0 saturated carbocycles. The number of carbonyl (C=O) groups is 1. The van der Waals surface area contributed by atoms with E-state index in [0.717, 1.165) is 0 Å². The van der Waals surface area contributed by atoms with Gasteiger partial charge in [-0.05, 0) is 14.0 Å². The molecule has 1 unspecified atom stereocenters. The molecule has 0 fully saturated rings. The number of hydrogen-bond donors (Lipinski definition) is 2. The van der Waals surface area contributed by atoms with Crippen molar-refractivity contribution in [1.29, 1.82) is 0 Å². The van der Waals surface area contributed by atoms with Gasteiger partial charge in [0.1, 0.15) is 0 Å². The molecule has 0 spiro atoms. The van der Waals surface area contributed by atoms with Crippen molar-refractivity contribution in [3.63, 3.8) is 0 Å². The van der Waals surface area contributed by atoms with Crippen molar-refractivity contribution >= 4 is 5.91 Å². The monoisotopic (exact) mass is 145 g/mol. The molecule has 0 rings (SSSR count). The summed E-state index contributed by atoms with van der Waals surface area (Å²) < 4.78 is 0. The van der Waals surface area contributed by atoms with Crippen molar-refractivity contribution < 1.29 is 4.79 Å². The summed E-state index contributed by atoms with van der Waals surface area (Å²) >= 11 is 0. The molecule has 0 aromatic rings. The molecule has 0 radical (unpaired) electrons. The maximum absolute atomic E-state index is 10.4. The molecule has 0 aromatic carbocycles. The van der Waals surface area contributed by atoms with Crippen molar-refractivity contribution in [2.45, 2.75) is 13.0 Å². The van der Waals surface area contributed by atoms with E-state index in [2.05, 4.69) is 0 Å². The van der Waals surface area contributed by atoms with Gasteiger partial charge in [-0.1, -0.05) is 0 Å². The fourth-order valence-electron chi connectivity index (χ4n) is 0.582. The highest BCUT2D eigenvalue weighted by Gasteiger charge is 2.08. The Morgan fingerprint density at radius 1 is 1.70 bits per heavy atom. The zero-order chi connectivity index (χ0) is 8.15. The highest BCUT2D eigenvalue weighted by atomic mass is 16.1. The minimum atomic E-state index is -0.317. The Hall–Kier alpha value is -0.610. The predicted molar refractivity (Wildman–Crippen MR) is 40.3 cm³/mol. The smallest absolute Gasteiger partial charge is 0.231 e. The van der Waals surface area contributed by atoms with Crippen molar-refractivity contribution in [3.05, 3.63) is 0 Å². The SMILES string of the molecule is CC(CN)N(C)CC(N)=O. The maximum Gasteiger partial charge on any atom is 0.231 e. The van der Waals surface area contributed by atoms with Gasteiger partial charge >= 0.3 is 0 Å². The Labute approximate surface area is 61.2 Å². The first kappa shape index (κ1) is 9.39. The van der Waals surface area contributed by atoms with Crippen molar-refractivity contribution in [2.24, 2.45) is 11.5 Å². The van der Waals surface area contributed by atoms with E-state index >= 15 is 0 Å². The van der Waals surface area contributed by atoms with Gasteiger partial charge in [-0.2, -0.15) is 0 Å². The van der Waals surface area contributed by atoms with E-state index in [4.69, 9.17) is 11.5 Å². The molecule has 0 aliphatic carbocycles. The van der Waals surface area contributed by atoms with Gasteiger partial charge in [-0.3, -0.25) is 9.69 Å². The molecule has 0 heterocycles. The van der Waals surface area contributed by atoms with E-state index in [1.807, 2.05) is 18.9 Å². The van der Waals surface area contributed by atoms with E-state index in [1.54, 1.807) is 0 Å². The van der Waals surface area contributed by atoms with Crippen LogP contribution < -0.4 is 11.5 Å². The van der Waals surface area contributed by atoms with Crippen LogP contribution in [0.25, 0.3) is 0 Å². The first-order valence-corrected chi connectivity index (χ1v) is 3.26. The average Bonchev–Trinajstić information content (AvgIpc) is 1.85. The Kier molecular flexibility index (Phi) is 3.99. The summed E-state index contributed by atoms with van der Waals surface area (Å²) in [6.07, 6.45) is 0. The molecule has 60 valence electrons. The second-order valence-electron chi connectivity index (χ2n) is 2.47. The number of primary amides is 1. The van der Waals surface area contributed by atoms with E-state index < -0.39 is 0 Å². The second-order valence-corrected chi connectivity index (χ2v) is 2.47. The lowest BCUT2D eigenvalue weighted by molar-refractivity contribution is -0.119. The third kappa shape index (κ3) is 3.42. The van der Waals surface area contributed by atoms with Gasteiger partial charge in [0.15, 0.2) is 0 Å². The largest absolute Gasteiger partial charge is 0.369 e. The maximum atomic E-state index is 10.4.